The molecule has 0 aromatic heterocycles. The number of nitrogens with one attached hydrogen (secondary N) is 1. The summed E-state index contributed by atoms with van der Waals surface area (Å²) in [6.07, 6.45) is 1.26. The van der Waals surface area contributed by atoms with E-state index < -0.39 is 5.97 Å². The van der Waals surface area contributed by atoms with Crippen LogP contribution in [0.3, 0.4) is 0 Å². The van der Waals surface area contributed by atoms with Gasteiger partial charge in [0, 0.05) is 6.20 Å². The first-order valence-corrected chi connectivity index (χ1v) is 4.76. The van der Waals surface area contributed by atoms with E-state index >= 15 is 0 Å². The molecule has 0 bridgehead atoms. The van der Waals surface area contributed by atoms with Crippen LogP contribution in [-0.4, -0.2) is 13.1 Å². The number of nitrogens with zero attached hydrogens (tertiary/aromatic N) is 1. The molecule has 82 valence electrons. The van der Waals surface area contributed by atoms with Crippen molar-refractivity contribution in [2.24, 2.45) is 0 Å². The zero-order valence-electron chi connectivity index (χ0n) is 8.53. The predicted molar refractivity (Wildman–Crippen MR) is 60.8 cm³/mol. The summed E-state index contributed by atoms with van der Waals surface area (Å²) in [5.41, 5.74) is 0.489. The van der Waals surface area contributed by atoms with Crippen LogP contribution >= 0.6 is 11.6 Å². The Morgan fingerprint density at radius 2 is 2.25 bits per heavy atom. The predicted octanol–water partition coefficient (Wildman–Crippen LogP) is 2.33. The molecule has 1 N–H and O–H groups in total. The largest absolute Gasteiger partial charge is 0.465 e. The number of benzene rings is 1. The smallest absolute Gasteiger partial charge is 0.350 e. The molecule has 0 atom stereocenters. The van der Waals surface area contributed by atoms with Gasteiger partial charge in [-0.05, 0) is 12.1 Å². The van der Waals surface area contributed by atoms with Crippen molar-refractivity contribution in [3.63, 3.8) is 0 Å². The van der Waals surface area contributed by atoms with Gasteiger partial charge in [0.25, 0.3) is 0 Å². The molecule has 0 fully saturated rings. The van der Waals surface area contributed by atoms with E-state index in [1.807, 2.05) is 0 Å². The number of rotatable bonds is 3. The quantitative estimate of drug-likeness (QED) is 0.497. The summed E-state index contributed by atoms with van der Waals surface area (Å²) in [5.74, 6) is -0.693. The van der Waals surface area contributed by atoms with Crippen LogP contribution in [0, 0.1) is 11.3 Å². The fraction of sp³-hybridized carbons (Fsp3) is 0.0909. The van der Waals surface area contributed by atoms with Gasteiger partial charge < -0.3 is 10.1 Å². The molecule has 1 aromatic rings. The van der Waals surface area contributed by atoms with E-state index in [1.54, 1.807) is 30.3 Å². The maximum Gasteiger partial charge on any atom is 0.350 e. The molecule has 5 heteroatoms. The van der Waals surface area contributed by atoms with Gasteiger partial charge >= 0.3 is 5.97 Å². The standard InChI is InChI=1S/C11H9ClN2O2/c1-16-11(15)8(6-13)7-14-10-5-3-2-4-9(10)12/h2-5,7,14H,1H3/b8-7-. The SMILES string of the molecule is COC(=O)/C(C#N)=C\Nc1ccccc1Cl. The molecule has 0 saturated heterocycles. The molecule has 1 rings (SSSR count). The third-order valence-electron chi connectivity index (χ3n) is 1.77. The number of esters is 1. The van der Waals surface area contributed by atoms with Gasteiger partial charge in [-0.25, -0.2) is 4.79 Å². The van der Waals surface area contributed by atoms with Crippen LogP contribution in [0.2, 0.25) is 5.02 Å². The number of hydrogen-bond acceptors (Lipinski definition) is 4. The van der Waals surface area contributed by atoms with Gasteiger partial charge in [-0.2, -0.15) is 5.26 Å². The summed E-state index contributed by atoms with van der Waals surface area (Å²) in [4.78, 5) is 11.1. The molecular formula is C11H9ClN2O2. The first-order valence-electron chi connectivity index (χ1n) is 4.38. The van der Waals surface area contributed by atoms with Gasteiger partial charge in [0.05, 0.1) is 17.8 Å². The number of methoxy groups -OCH3 is 1. The molecule has 0 spiro atoms. The Balaban J connectivity index is 2.84. The number of anilines is 1. The van der Waals surface area contributed by atoms with Crippen LogP contribution < -0.4 is 5.32 Å². The van der Waals surface area contributed by atoms with Gasteiger partial charge in [0.1, 0.15) is 6.07 Å². The van der Waals surface area contributed by atoms with Gasteiger partial charge in [0.15, 0.2) is 5.57 Å². The van der Waals surface area contributed by atoms with Crippen LogP contribution in [0.1, 0.15) is 0 Å². The second kappa shape index (κ2) is 5.79. The van der Waals surface area contributed by atoms with E-state index in [4.69, 9.17) is 16.9 Å². The average Bonchev–Trinajstić information content (AvgIpc) is 2.31. The third-order valence-corrected chi connectivity index (χ3v) is 2.10. The number of nitriles is 1. The van der Waals surface area contributed by atoms with Crippen molar-refractivity contribution in [3.8, 4) is 6.07 Å². The molecular weight excluding hydrogens is 228 g/mol. The lowest BCUT2D eigenvalue weighted by molar-refractivity contribution is -0.135. The van der Waals surface area contributed by atoms with Crippen LogP contribution in [0.5, 0.6) is 0 Å². The number of carbonyl (C=O) groups is 1. The summed E-state index contributed by atoms with van der Waals surface area (Å²) in [5, 5.41) is 11.9. The second-order valence-corrected chi connectivity index (χ2v) is 3.19. The molecule has 4 nitrogen and oxygen atoms in total. The van der Waals surface area contributed by atoms with E-state index in [0.29, 0.717) is 10.7 Å². The molecule has 0 aliphatic heterocycles. The summed E-state index contributed by atoms with van der Waals surface area (Å²) in [7, 11) is 1.21. The molecule has 0 aliphatic carbocycles. The Morgan fingerprint density at radius 3 is 2.81 bits per heavy atom. The lowest BCUT2D eigenvalue weighted by atomic mass is 10.3. The van der Waals surface area contributed by atoms with Gasteiger partial charge in [0.2, 0.25) is 0 Å². The first-order chi connectivity index (χ1) is 7.69. The van der Waals surface area contributed by atoms with Crippen LogP contribution in [0.15, 0.2) is 36.0 Å². The maximum atomic E-state index is 11.1. The highest BCUT2D eigenvalue weighted by molar-refractivity contribution is 6.33. The van der Waals surface area contributed by atoms with Crippen LogP contribution in [0.25, 0.3) is 0 Å². The Bertz CT molecular complexity index is 463. The fourth-order valence-corrected chi connectivity index (χ4v) is 1.17. The summed E-state index contributed by atoms with van der Waals surface area (Å²) in [6, 6.07) is 8.71. The fourth-order valence-electron chi connectivity index (χ4n) is 0.975. The van der Waals surface area contributed by atoms with Gasteiger partial charge in [-0.1, -0.05) is 23.7 Å². The summed E-state index contributed by atoms with van der Waals surface area (Å²) >= 11 is 5.87. The maximum absolute atomic E-state index is 11.1. The Hall–Kier alpha value is -1.99. The van der Waals surface area contributed by atoms with Crippen LogP contribution in [0.4, 0.5) is 5.69 Å². The number of carbonyl (C=O) groups excluding carboxylic acids is 1. The van der Waals surface area contributed by atoms with Crippen LogP contribution in [-0.2, 0) is 9.53 Å². The monoisotopic (exact) mass is 236 g/mol. The van der Waals surface area contributed by atoms with E-state index in [0.717, 1.165) is 0 Å². The van der Waals surface area contributed by atoms with Crippen molar-refractivity contribution >= 4 is 23.3 Å². The number of para-hydroxylation sites is 1. The number of halogens is 1. The van der Waals surface area contributed by atoms with Crippen molar-refractivity contribution < 1.29 is 9.53 Å². The van der Waals surface area contributed by atoms with Crippen molar-refractivity contribution in [2.45, 2.75) is 0 Å². The molecule has 0 heterocycles. The topological polar surface area (TPSA) is 62.1 Å². The molecule has 0 radical (unpaired) electrons. The molecule has 0 saturated carbocycles. The van der Waals surface area contributed by atoms with Gasteiger partial charge in [-0.15, -0.1) is 0 Å². The Morgan fingerprint density at radius 1 is 1.56 bits per heavy atom. The minimum Gasteiger partial charge on any atom is -0.465 e. The second-order valence-electron chi connectivity index (χ2n) is 2.79. The molecule has 16 heavy (non-hydrogen) atoms. The first kappa shape index (κ1) is 12.1. The summed E-state index contributed by atoms with van der Waals surface area (Å²) in [6.45, 7) is 0. The normalized spacial score (nSPS) is 10.4. The highest BCUT2D eigenvalue weighted by atomic mass is 35.5. The minimum atomic E-state index is -0.693. The van der Waals surface area contributed by atoms with Crippen molar-refractivity contribution in [2.75, 3.05) is 12.4 Å². The Kier molecular flexibility index (Phi) is 4.37. The molecule has 0 aliphatic rings. The lowest BCUT2D eigenvalue weighted by Gasteiger charge is -2.03. The molecule has 0 amide bonds. The van der Waals surface area contributed by atoms with E-state index in [9.17, 15) is 4.79 Å². The molecule has 1 aromatic carbocycles. The van der Waals surface area contributed by atoms with E-state index in [1.165, 1.54) is 13.3 Å². The van der Waals surface area contributed by atoms with Crippen molar-refractivity contribution in [1.29, 1.82) is 5.26 Å². The van der Waals surface area contributed by atoms with Crippen molar-refractivity contribution in [1.82, 2.24) is 0 Å². The zero-order chi connectivity index (χ0) is 12.0. The average molecular weight is 237 g/mol. The summed E-state index contributed by atoms with van der Waals surface area (Å²) < 4.78 is 4.42. The van der Waals surface area contributed by atoms with Crippen molar-refractivity contribution in [3.05, 3.63) is 41.1 Å². The highest BCUT2D eigenvalue weighted by Crippen LogP contribution is 2.20. The number of hydrogen-bond donors (Lipinski definition) is 1. The third kappa shape index (κ3) is 3.01. The zero-order valence-corrected chi connectivity index (χ0v) is 9.28. The van der Waals surface area contributed by atoms with E-state index in [2.05, 4.69) is 10.1 Å². The minimum absolute atomic E-state index is 0.123. The number of ether oxygens (including phenoxy) is 1. The Labute approximate surface area is 98.1 Å². The lowest BCUT2D eigenvalue weighted by Crippen LogP contribution is -2.05. The molecule has 0 unspecified atom stereocenters. The van der Waals surface area contributed by atoms with E-state index in [-0.39, 0.29) is 5.57 Å². The highest BCUT2D eigenvalue weighted by Gasteiger charge is 2.08. The van der Waals surface area contributed by atoms with Gasteiger partial charge in [-0.3, -0.25) is 0 Å².